The van der Waals surface area contributed by atoms with Gasteiger partial charge in [0.05, 0.1) is 58.7 Å². The van der Waals surface area contributed by atoms with Gasteiger partial charge in [-0.25, -0.2) is 41.6 Å². The van der Waals surface area contributed by atoms with Gasteiger partial charge in [0.1, 0.15) is 69.3 Å². The standard InChI is InChI=1S/C42H56N6O8S2.C37H48N6O6S2/c1-26(2)43-38-45-33(25-57-38)32-22-35(30-16-15-28(54-6)20-31(30)44-32)55-29-21-34(48(24-29)39(51)56-40(3,4)5)36(49)46-42-23-27(42)14-12-10-8-7-9-11-13-17-41(18-19-41)58(52,53)47-37(42)50;1-23(2)39-35-41-31(22-50-35)29-19-32(27-13-12-25(48-3)17-28(27)40-29)49-26-18-30(38-21-26)33(44)42-37-20-24(37)11-9-7-5-4-6-8-10-14-36(15-16-36)51(46,47)43-34(37)45/h12,14-16,20,22,25-27,29,34H,7-11,13,17-19,21,23-24H2,1-6H3,(H,43,45)(H,46,49)(H,47,50);9,11-13,17,19,22-24,26,30,38H,4-8,10,14-16,18,20-21H2,1-3H3,(H,39,41)(H,42,44)(H,43,45)/b14-12+;11-9+/t27-,29-,34+,42-;24-,26-,30+,37-/m11/s1. The number of benzene rings is 2. The maximum Gasteiger partial charge on any atom is 0.411 e. The summed E-state index contributed by atoms with van der Waals surface area (Å²) in [5.41, 5.74) is 0.267. The van der Waals surface area contributed by atoms with E-state index in [2.05, 4.69) is 56.0 Å². The number of pyridine rings is 2. The Morgan fingerprint density at radius 2 is 1.04 bits per heavy atom. The molecule has 8 heterocycles. The fourth-order valence-electron chi connectivity index (χ4n) is 15.3. The van der Waals surface area contributed by atoms with Crippen molar-refractivity contribution in [3.05, 3.63) is 83.6 Å². The van der Waals surface area contributed by atoms with E-state index in [-0.39, 0.29) is 49.4 Å². The van der Waals surface area contributed by atoms with E-state index in [1.54, 1.807) is 35.0 Å². The lowest BCUT2D eigenvalue weighted by Crippen LogP contribution is -2.57. The first-order valence-corrected chi connectivity index (χ1v) is 43.3. The van der Waals surface area contributed by atoms with Crippen LogP contribution < -0.4 is 55.0 Å². The van der Waals surface area contributed by atoms with E-state index in [1.165, 1.54) is 27.6 Å². The number of amides is 5. The van der Waals surface area contributed by atoms with E-state index < -0.39 is 94.1 Å². The number of likely N-dealkylation sites (tertiary alicyclic amines) is 1. The Kier molecular flexibility index (Phi) is 23.4. The number of hydrogen-bond acceptors (Lipinski definition) is 23. The van der Waals surface area contributed by atoms with Gasteiger partial charge in [0.25, 0.3) is 11.8 Å². The van der Waals surface area contributed by atoms with Gasteiger partial charge in [-0.2, -0.15) is 0 Å². The van der Waals surface area contributed by atoms with Crippen molar-refractivity contribution in [3.8, 4) is 45.8 Å². The molecule has 30 heteroatoms. The molecule has 0 radical (unpaired) electrons. The second-order valence-corrected chi connectivity index (χ2v) is 38.1. The summed E-state index contributed by atoms with van der Waals surface area (Å²) in [6, 6.07) is 13.5. The first kappa shape index (κ1) is 78.9. The van der Waals surface area contributed by atoms with Gasteiger partial charge in [-0.05, 0) is 150 Å². The highest BCUT2D eigenvalue weighted by atomic mass is 32.2. The van der Waals surface area contributed by atoms with Crippen LogP contribution in [0.3, 0.4) is 0 Å². The minimum atomic E-state index is -3.99. The number of aromatic nitrogens is 4. The fourth-order valence-corrected chi connectivity index (χ4v) is 20.4. The molecule has 2 spiro atoms. The number of carbonyl (C=O) groups is 5. The Bertz CT molecular complexity index is 4680. The quantitative estimate of drug-likeness (QED) is 0.0443. The molecule has 6 aromatic rings. The predicted octanol–water partition coefficient (Wildman–Crippen LogP) is 12.5. The van der Waals surface area contributed by atoms with Crippen molar-refractivity contribution in [2.75, 3.05) is 37.9 Å². The Morgan fingerprint density at radius 3 is 1.50 bits per heavy atom. The van der Waals surface area contributed by atoms with E-state index >= 15 is 0 Å². The number of thiazole rings is 2. The Balaban J connectivity index is 0.000000193. The lowest BCUT2D eigenvalue weighted by atomic mass is 10.1. The van der Waals surface area contributed by atoms with Crippen LogP contribution in [0.25, 0.3) is 44.6 Å². The zero-order valence-corrected chi connectivity index (χ0v) is 67.0. The van der Waals surface area contributed by atoms with Gasteiger partial charge < -0.3 is 50.3 Å². The fraction of sp³-hybridized carbons (Fsp3) is 0.582. The Morgan fingerprint density at radius 1 is 0.578 bits per heavy atom. The molecule has 4 aliphatic heterocycles. The maximum atomic E-state index is 14.5. The third kappa shape index (κ3) is 18.1. The van der Waals surface area contributed by atoms with Crippen molar-refractivity contribution in [3.63, 3.8) is 0 Å². The third-order valence-electron chi connectivity index (χ3n) is 22.0. The van der Waals surface area contributed by atoms with Gasteiger partial charge in [0.15, 0.2) is 10.3 Å². The first-order chi connectivity index (χ1) is 52.0. The molecular weight excluding hydrogens is 1470 g/mol. The zero-order valence-electron chi connectivity index (χ0n) is 63.8. The monoisotopic (exact) mass is 1570 g/mol. The van der Waals surface area contributed by atoms with Gasteiger partial charge in [-0.1, -0.05) is 75.7 Å². The molecule has 4 aromatic heterocycles. The number of sulfonamides is 2. The highest BCUT2D eigenvalue weighted by Crippen LogP contribution is 2.52. The van der Waals surface area contributed by atoms with Gasteiger partial charge >= 0.3 is 6.09 Å². The number of carbonyl (C=O) groups excluding carboxylic acids is 5. The van der Waals surface area contributed by atoms with Crippen LogP contribution in [0, 0.1) is 11.8 Å². The lowest BCUT2D eigenvalue weighted by molar-refractivity contribution is -0.131. The van der Waals surface area contributed by atoms with Crippen molar-refractivity contribution >= 4 is 105 Å². The van der Waals surface area contributed by atoms with Crippen molar-refractivity contribution in [2.24, 2.45) is 11.8 Å². The smallest absolute Gasteiger partial charge is 0.411 e. The molecule has 14 rings (SSSR count). The van der Waals surface area contributed by atoms with Gasteiger partial charge in [-0.15, -0.1) is 22.7 Å². The molecule has 2 aromatic carbocycles. The van der Waals surface area contributed by atoms with Crippen LogP contribution >= 0.6 is 22.7 Å². The van der Waals surface area contributed by atoms with Crippen molar-refractivity contribution in [1.82, 2.24) is 50.2 Å². The van der Waals surface area contributed by atoms with Crippen molar-refractivity contribution in [2.45, 2.75) is 252 Å². The van der Waals surface area contributed by atoms with Crippen molar-refractivity contribution in [1.29, 1.82) is 0 Å². The lowest BCUT2D eigenvalue weighted by Gasteiger charge is -2.29. The topological polar surface area (TPSA) is 339 Å². The summed E-state index contributed by atoms with van der Waals surface area (Å²) in [7, 11) is -4.68. The van der Waals surface area contributed by atoms with E-state index in [9.17, 15) is 40.8 Å². The molecule has 26 nitrogen and oxygen atoms in total. The summed E-state index contributed by atoms with van der Waals surface area (Å²) in [6.45, 7) is 13.9. The molecule has 2 saturated heterocycles. The molecule has 7 N–H and O–H groups in total. The average molecular weight is 1570 g/mol. The number of anilines is 2. The summed E-state index contributed by atoms with van der Waals surface area (Å²) in [4.78, 5) is 90.5. The third-order valence-corrected chi connectivity index (χ3v) is 27.9. The van der Waals surface area contributed by atoms with Gasteiger partial charge in [0.2, 0.25) is 31.9 Å². The maximum absolute atomic E-state index is 14.5. The molecule has 4 aliphatic carbocycles. The molecular formula is C79H104N12O14S4. The Labute approximate surface area is 646 Å². The summed E-state index contributed by atoms with van der Waals surface area (Å²) >= 11 is 2.98. The minimum Gasteiger partial charge on any atom is -0.497 e. The minimum absolute atomic E-state index is 0.0148. The first-order valence-electron chi connectivity index (χ1n) is 38.6. The van der Waals surface area contributed by atoms with E-state index in [1.807, 2.05) is 91.4 Å². The number of nitrogens with zero attached hydrogens (tertiary/aromatic N) is 5. The normalized spacial score (nSPS) is 26.9. The van der Waals surface area contributed by atoms with Crippen LogP contribution in [0.4, 0.5) is 15.1 Å². The highest BCUT2D eigenvalue weighted by Gasteiger charge is 2.65. The number of fused-ring (bicyclic) bond motifs is 4. The highest BCUT2D eigenvalue weighted by molar-refractivity contribution is 7.92. The van der Waals surface area contributed by atoms with E-state index in [0.717, 1.165) is 98.4 Å². The average Bonchev–Trinajstić information content (AvgIpc) is 1.57. The zero-order chi connectivity index (χ0) is 77.3. The SMILES string of the molecule is COc1ccc2c(O[C@@H]3C[C@@H](C(=O)N[C@]45C[C@H]4/C=C/CCCCCCCC4(CC4)S(=O)(=O)NC5=O)N(C(=O)OC(C)(C)C)C3)cc(-c3csc(NC(C)C)n3)nc2c1.COc1ccc2c(O[C@H]3CN[C@H](C(=O)N[C@]45C[C@H]4/C=C/CCCCCCCC4(CC4)S(=O)(=O)NC5=O)C3)cc(-c3csc(NC(C)C)n3)nc2c1. The number of ether oxygens (including phenoxy) is 5. The van der Waals surface area contributed by atoms with Crippen LogP contribution in [-0.2, 0) is 44.0 Å². The molecule has 109 heavy (non-hydrogen) atoms. The van der Waals surface area contributed by atoms with Crippen LogP contribution in [-0.4, -0.2) is 161 Å². The van der Waals surface area contributed by atoms with Crippen LogP contribution in [0.1, 0.15) is 190 Å². The molecule has 8 atom stereocenters. The molecule has 0 unspecified atom stereocenters. The second kappa shape index (κ2) is 32.3. The number of rotatable bonds is 16. The van der Waals surface area contributed by atoms with Gasteiger partial charge in [0, 0.05) is 89.1 Å². The van der Waals surface area contributed by atoms with E-state index in [4.69, 9.17) is 43.6 Å². The van der Waals surface area contributed by atoms with Gasteiger partial charge in [-0.3, -0.25) is 33.5 Å². The number of allylic oxidation sites excluding steroid dienone is 2. The number of hydrogen-bond donors (Lipinski definition) is 7. The Hall–Kier alpha value is -8.19. The molecule has 588 valence electrons. The van der Waals surface area contributed by atoms with Crippen LogP contribution in [0.5, 0.6) is 23.0 Å². The largest absolute Gasteiger partial charge is 0.497 e. The number of methoxy groups -OCH3 is 2. The summed E-state index contributed by atoms with van der Waals surface area (Å²) in [5.74, 6) is -0.618. The number of nitrogens with one attached hydrogen (secondary N) is 7. The molecule has 5 amide bonds. The summed E-state index contributed by atoms with van der Waals surface area (Å²) < 4.78 is 87.3. The molecule has 8 aliphatic rings. The molecule has 0 bridgehead atoms. The molecule has 6 fully saturated rings. The van der Waals surface area contributed by atoms with Crippen molar-refractivity contribution < 1.29 is 64.5 Å². The van der Waals surface area contributed by atoms with Crippen LogP contribution in [0.2, 0.25) is 0 Å². The van der Waals surface area contributed by atoms with Crippen LogP contribution in [0.15, 0.2) is 83.6 Å². The second-order valence-electron chi connectivity index (χ2n) is 32.3. The molecule has 4 saturated carbocycles. The summed E-state index contributed by atoms with van der Waals surface area (Å²) in [6.07, 6.45) is 22.1. The predicted molar refractivity (Wildman–Crippen MR) is 422 cm³/mol. The summed E-state index contributed by atoms with van der Waals surface area (Å²) in [5, 5.41) is 22.8. The van der Waals surface area contributed by atoms with E-state index in [0.29, 0.717) is 114 Å².